The zero-order chi connectivity index (χ0) is 10.8. The van der Waals surface area contributed by atoms with Crippen molar-refractivity contribution in [3.8, 4) is 10.6 Å². The van der Waals surface area contributed by atoms with Crippen molar-refractivity contribution in [1.29, 1.82) is 0 Å². The van der Waals surface area contributed by atoms with Crippen LogP contribution in [0, 0.1) is 0 Å². The number of halogens is 3. The molecule has 0 atom stereocenters. The third kappa shape index (κ3) is 2.33. The SMILES string of the molecule is Clc1cccc(-c2nnc(CBr)s2)c1Cl. The minimum absolute atomic E-state index is 0.524. The Bertz CT molecular complexity index is 487. The molecule has 0 saturated carbocycles. The molecule has 0 bridgehead atoms. The summed E-state index contributed by atoms with van der Waals surface area (Å²) in [7, 11) is 0. The van der Waals surface area contributed by atoms with Crippen molar-refractivity contribution in [3.63, 3.8) is 0 Å². The van der Waals surface area contributed by atoms with Crippen LogP contribution in [0.1, 0.15) is 5.01 Å². The topological polar surface area (TPSA) is 25.8 Å². The van der Waals surface area contributed by atoms with E-state index in [-0.39, 0.29) is 0 Å². The molecule has 0 fully saturated rings. The van der Waals surface area contributed by atoms with Crippen molar-refractivity contribution in [2.24, 2.45) is 0 Å². The van der Waals surface area contributed by atoms with Crippen LogP contribution in [0.3, 0.4) is 0 Å². The number of rotatable bonds is 2. The Morgan fingerprint density at radius 2 is 2.07 bits per heavy atom. The molecule has 1 heterocycles. The van der Waals surface area contributed by atoms with Crippen LogP contribution in [0.5, 0.6) is 0 Å². The molecule has 0 saturated heterocycles. The van der Waals surface area contributed by atoms with E-state index in [0.29, 0.717) is 15.4 Å². The van der Waals surface area contributed by atoms with E-state index in [0.717, 1.165) is 15.6 Å². The smallest absolute Gasteiger partial charge is 0.142 e. The molecule has 0 aliphatic carbocycles. The van der Waals surface area contributed by atoms with Crippen LogP contribution in [0.25, 0.3) is 10.6 Å². The van der Waals surface area contributed by atoms with Crippen molar-refractivity contribution in [1.82, 2.24) is 10.2 Å². The summed E-state index contributed by atoms with van der Waals surface area (Å²) in [4.78, 5) is 0. The van der Waals surface area contributed by atoms with Crippen LogP contribution in [-0.4, -0.2) is 10.2 Å². The second kappa shape index (κ2) is 4.78. The van der Waals surface area contributed by atoms with Gasteiger partial charge >= 0.3 is 0 Å². The van der Waals surface area contributed by atoms with Gasteiger partial charge in [0.25, 0.3) is 0 Å². The number of hydrogen-bond donors (Lipinski definition) is 0. The zero-order valence-electron chi connectivity index (χ0n) is 7.38. The molecule has 15 heavy (non-hydrogen) atoms. The highest BCUT2D eigenvalue weighted by Crippen LogP contribution is 2.34. The zero-order valence-corrected chi connectivity index (χ0v) is 11.3. The van der Waals surface area contributed by atoms with E-state index < -0.39 is 0 Å². The summed E-state index contributed by atoms with van der Waals surface area (Å²) in [5.74, 6) is 0. The Kier molecular flexibility index (Phi) is 3.61. The lowest BCUT2D eigenvalue weighted by molar-refractivity contribution is 1.05. The molecule has 0 aliphatic rings. The van der Waals surface area contributed by atoms with Crippen LogP contribution in [0.2, 0.25) is 10.0 Å². The van der Waals surface area contributed by atoms with E-state index in [1.807, 2.05) is 12.1 Å². The molecule has 0 unspecified atom stereocenters. The molecule has 78 valence electrons. The largest absolute Gasteiger partial charge is 0.149 e. The predicted molar refractivity (Wildman–Crippen MR) is 68.0 cm³/mol. The Hall–Kier alpha value is -0.160. The van der Waals surface area contributed by atoms with Gasteiger partial charge in [0.2, 0.25) is 0 Å². The third-order valence-electron chi connectivity index (χ3n) is 1.76. The monoisotopic (exact) mass is 322 g/mol. The van der Waals surface area contributed by atoms with Gasteiger partial charge in [0.1, 0.15) is 10.0 Å². The lowest BCUT2D eigenvalue weighted by atomic mass is 10.2. The summed E-state index contributed by atoms with van der Waals surface area (Å²) in [6, 6.07) is 5.48. The van der Waals surface area contributed by atoms with Crippen molar-refractivity contribution >= 4 is 50.5 Å². The summed E-state index contributed by atoms with van der Waals surface area (Å²) < 4.78 is 0. The fourth-order valence-electron chi connectivity index (χ4n) is 1.09. The van der Waals surface area contributed by atoms with Gasteiger partial charge in [-0.1, -0.05) is 62.6 Å². The van der Waals surface area contributed by atoms with Crippen molar-refractivity contribution in [2.75, 3.05) is 0 Å². The third-order valence-corrected chi connectivity index (χ3v) is 4.44. The molecule has 0 radical (unpaired) electrons. The quantitative estimate of drug-likeness (QED) is 0.765. The van der Waals surface area contributed by atoms with Crippen LogP contribution < -0.4 is 0 Å². The number of hydrogen-bond acceptors (Lipinski definition) is 3. The van der Waals surface area contributed by atoms with Crippen LogP contribution in [0.4, 0.5) is 0 Å². The highest BCUT2D eigenvalue weighted by atomic mass is 79.9. The Morgan fingerprint density at radius 3 is 2.73 bits per heavy atom. The Morgan fingerprint density at radius 1 is 1.27 bits per heavy atom. The first-order chi connectivity index (χ1) is 7.22. The maximum atomic E-state index is 6.08. The molecular weight excluding hydrogens is 319 g/mol. The minimum Gasteiger partial charge on any atom is -0.142 e. The van der Waals surface area contributed by atoms with Gasteiger partial charge in [-0.3, -0.25) is 0 Å². The summed E-state index contributed by atoms with van der Waals surface area (Å²) in [6.07, 6.45) is 0. The molecule has 2 nitrogen and oxygen atoms in total. The number of alkyl halides is 1. The van der Waals surface area contributed by atoms with E-state index in [4.69, 9.17) is 23.2 Å². The van der Waals surface area contributed by atoms with Gasteiger partial charge in [0.05, 0.1) is 15.4 Å². The summed E-state index contributed by atoms with van der Waals surface area (Å²) in [5, 5.41) is 11.5. The first kappa shape index (κ1) is 11.3. The first-order valence-electron chi connectivity index (χ1n) is 4.05. The number of nitrogens with zero attached hydrogens (tertiary/aromatic N) is 2. The van der Waals surface area contributed by atoms with Gasteiger partial charge < -0.3 is 0 Å². The van der Waals surface area contributed by atoms with Crippen molar-refractivity contribution in [3.05, 3.63) is 33.3 Å². The molecule has 0 amide bonds. The lowest BCUT2D eigenvalue weighted by Gasteiger charge is -2.00. The number of benzene rings is 1. The fraction of sp³-hybridized carbons (Fsp3) is 0.111. The molecule has 0 N–H and O–H groups in total. The highest BCUT2D eigenvalue weighted by Gasteiger charge is 2.11. The van der Waals surface area contributed by atoms with E-state index in [9.17, 15) is 0 Å². The van der Waals surface area contributed by atoms with Gasteiger partial charge in [-0.05, 0) is 6.07 Å². The summed E-state index contributed by atoms with van der Waals surface area (Å²) >= 11 is 16.8. The van der Waals surface area contributed by atoms with Gasteiger partial charge in [0, 0.05) is 5.56 Å². The minimum atomic E-state index is 0.524. The van der Waals surface area contributed by atoms with E-state index in [1.54, 1.807) is 6.07 Å². The molecule has 0 aliphatic heterocycles. The average Bonchev–Trinajstić information content (AvgIpc) is 2.70. The van der Waals surface area contributed by atoms with Gasteiger partial charge in [0.15, 0.2) is 0 Å². The van der Waals surface area contributed by atoms with E-state index in [1.165, 1.54) is 11.3 Å². The van der Waals surface area contributed by atoms with Crippen molar-refractivity contribution in [2.45, 2.75) is 5.33 Å². The van der Waals surface area contributed by atoms with Crippen LogP contribution in [0.15, 0.2) is 18.2 Å². The van der Waals surface area contributed by atoms with Gasteiger partial charge in [-0.25, -0.2) is 0 Å². The molecule has 2 aromatic rings. The number of aromatic nitrogens is 2. The molecule has 1 aromatic heterocycles. The van der Waals surface area contributed by atoms with Crippen LogP contribution in [-0.2, 0) is 5.33 Å². The summed E-state index contributed by atoms with van der Waals surface area (Å²) in [5.41, 5.74) is 0.828. The Labute approximate surface area is 109 Å². The normalized spacial score (nSPS) is 10.6. The fourth-order valence-corrected chi connectivity index (χ4v) is 2.71. The maximum absolute atomic E-state index is 6.08. The van der Waals surface area contributed by atoms with E-state index in [2.05, 4.69) is 26.1 Å². The molecular formula is C9H5BrCl2N2S. The lowest BCUT2D eigenvalue weighted by Crippen LogP contribution is -1.79. The first-order valence-corrected chi connectivity index (χ1v) is 6.74. The molecule has 2 rings (SSSR count). The van der Waals surface area contributed by atoms with Crippen molar-refractivity contribution < 1.29 is 0 Å². The predicted octanol–water partition coefficient (Wildman–Crippen LogP) is 4.41. The molecule has 1 aromatic carbocycles. The van der Waals surface area contributed by atoms with E-state index >= 15 is 0 Å². The van der Waals surface area contributed by atoms with Gasteiger partial charge in [-0.15, -0.1) is 10.2 Å². The molecule has 6 heteroatoms. The van der Waals surface area contributed by atoms with Gasteiger partial charge in [-0.2, -0.15) is 0 Å². The average molecular weight is 324 g/mol. The second-order valence-corrected chi connectivity index (χ2v) is 5.14. The van der Waals surface area contributed by atoms with Crippen LogP contribution >= 0.6 is 50.5 Å². The highest BCUT2D eigenvalue weighted by molar-refractivity contribution is 9.08. The second-order valence-electron chi connectivity index (χ2n) is 2.74. The Balaban J connectivity index is 2.49. The molecule has 0 spiro atoms. The summed E-state index contributed by atoms with van der Waals surface area (Å²) in [6.45, 7) is 0. The maximum Gasteiger partial charge on any atom is 0.149 e. The standard InChI is InChI=1S/C9H5BrCl2N2S/c10-4-7-13-14-9(15-7)5-2-1-3-6(11)8(5)12/h1-3H,4H2.